The summed E-state index contributed by atoms with van der Waals surface area (Å²) in [5, 5.41) is 7.03. The second kappa shape index (κ2) is 6.93. The normalized spacial score (nSPS) is 10.3. The van der Waals surface area contributed by atoms with E-state index in [9.17, 15) is 0 Å². The molecule has 116 valence electrons. The third kappa shape index (κ3) is 3.87. The molecule has 0 aliphatic heterocycles. The van der Waals surface area contributed by atoms with E-state index >= 15 is 0 Å². The van der Waals surface area contributed by atoms with Crippen LogP contribution in [0.1, 0.15) is 5.56 Å². The van der Waals surface area contributed by atoms with Crippen LogP contribution in [0.2, 0.25) is 5.02 Å². The van der Waals surface area contributed by atoms with Gasteiger partial charge in [0.15, 0.2) is 11.6 Å². The van der Waals surface area contributed by atoms with Gasteiger partial charge in [-0.1, -0.05) is 23.7 Å². The summed E-state index contributed by atoms with van der Waals surface area (Å²) in [7, 11) is 0. The molecule has 3 aromatic rings. The molecule has 0 radical (unpaired) electrons. The van der Waals surface area contributed by atoms with Gasteiger partial charge in [-0.25, -0.2) is 9.97 Å². The maximum Gasteiger partial charge on any atom is 0.159 e. The van der Waals surface area contributed by atoms with Gasteiger partial charge in [0.1, 0.15) is 12.0 Å². The molecule has 0 atom stereocenters. The van der Waals surface area contributed by atoms with Gasteiger partial charge in [-0.3, -0.25) is 4.98 Å². The van der Waals surface area contributed by atoms with Gasteiger partial charge >= 0.3 is 0 Å². The minimum Gasteiger partial charge on any atom is -0.393 e. The van der Waals surface area contributed by atoms with Crippen LogP contribution in [0.25, 0.3) is 0 Å². The highest BCUT2D eigenvalue weighted by Gasteiger charge is 2.08. The first-order valence-corrected chi connectivity index (χ1v) is 7.36. The third-order valence-electron chi connectivity index (χ3n) is 3.18. The van der Waals surface area contributed by atoms with Crippen molar-refractivity contribution < 1.29 is 0 Å². The monoisotopic (exact) mass is 326 g/mol. The average molecular weight is 327 g/mol. The molecule has 23 heavy (non-hydrogen) atoms. The molecule has 0 unspecified atom stereocenters. The summed E-state index contributed by atoms with van der Waals surface area (Å²) in [6, 6.07) is 11.3. The van der Waals surface area contributed by atoms with Crippen LogP contribution in [-0.2, 0) is 6.54 Å². The number of nitrogens with two attached hydrogens (primary N) is 1. The first-order chi connectivity index (χ1) is 11.2. The minimum atomic E-state index is 0.449. The van der Waals surface area contributed by atoms with E-state index in [1.54, 1.807) is 12.4 Å². The molecule has 0 aliphatic carbocycles. The van der Waals surface area contributed by atoms with E-state index in [4.69, 9.17) is 17.3 Å². The van der Waals surface area contributed by atoms with E-state index in [0.717, 1.165) is 11.3 Å². The molecule has 0 aliphatic rings. The fourth-order valence-electron chi connectivity index (χ4n) is 2.00. The number of rotatable bonds is 5. The van der Waals surface area contributed by atoms with Crippen molar-refractivity contribution in [1.82, 2.24) is 15.0 Å². The number of benzene rings is 1. The summed E-state index contributed by atoms with van der Waals surface area (Å²) < 4.78 is 0. The number of pyridine rings is 1. The topological polar surface area (TPSA) is 88.8 Å². The number of nitrogen functional groups attached to an aromatic ring is 1. The van der Waals surface area contributed by atoms with E-state index in [1.165, 1.54) is 6.33 Å². The molecule has 1 aromatic carbocycles. The molecule has 2 aromatic heterocycles. The zero-order chi connectivity index (χ0) is 16.1. The van der Waals surface area contributed by atoms with Crippen LogP contribution in [0.5, 0.6) is 0 Å². The maximum absolute atomic E-state index is 6.13. The lowest BCUT2D eigenvalue weighted by atomic mass is 10.2. The van der Waals surface area contributed by atoms with E-state index in [-0.39, 0.29) is 0 Å². The predicted molar refractivity (Wildman–Crippen MR) is 92.7 cm³/mol. The lowest BCUT2D eigenvalue weighted by Gasteiger charge is -2.12. The van der Waals surface area contributed by atoms with E-state index in [2.05, 4.69) is 25.6 Å². The van der Waals surface area contributed by atoms with Gasteiger partial charge in [-0.15, -0.1) is 0 Å². The van der Waals surface area contributed by atoms with Crippen molar-refractivity contribution in [3.63, 3.8) is 0 Å². The van der Waals surface area contributed by atoms with Gasteiger partial charge in [-0.2, -0.15) is 0 Å². The summed E-state index contributed by atoms with van der Waals surface area (Å²) >= 11 is 5.88. The van der Waals surface area contributed by atoms with Gasteiger partial charge < -0.3 is 16.4 Å². The molecule has 2 heterocycles. The third-order valence-corrected chi connectivity index (χ3v) is 3.43. The summed E-state index contributed by atoms with van der Waals surface area (Å²) in [6.45, 7) is 0.588. The first kappa shape index (κ1) is 15.1. The van der Waals surface area contributed by atoms with Gasteiger partial charge in [0.25, 0.3) is 0 Å². The molecule has 0 saturated carbocycles. The van der Waals surface area contributed by atoms with E-state index in [1.807, 2.05) is 36.4 Å². The zero-order valence-corrected chi connectivity index (χ0v) is 13.0. The Morgan fingerprint density at radius 2 is 1.83 bits per heavy atom. The van der Waals surface area contributed by atoms with Crippen LogP contribution < -0.4 is 16.4 Å². The van der Waals surface area contributed by atoms with Crippen molar-refractivity contribution in [3.05, 3.63) is 65.7 Å². The van der Waals surface area contributed by atoms with Crippen LogP contribution >= 0.6 is 11.6 Å². The smallest absolute Gasteiger partial charge is 0.159 e. The van der Waals surface area contributed by atoms with Crippen LogP contribution in [0, 0.1) is 0 Å². The molecule has 0 amide bonds. The van der Waals surface area contributed by atoms with E-state index < -0.39 is 0 Å². The molecule has 4 N–H and O–H groups in total. The highest BCUT2D eigenvalue weighted by atomic mass is 35.5. The Morgan fingerprint density at radius 1 is 1.04 bits per heavy atom. The molecule has 0 spiro atoms. The van der Waals surface area contributed by atoms with Gasteiger partial charge in [0.2, 0.25) is 0 Å². The Balaban J connectivity index is 1.73. The summed E-state index contributed by atoms with van der Waals surface area (Å²) in [5.41, 5.74) is 8.46. The quantitative estimate of drug-likeness (QED) is 0.665. The fraction of sp³-hybridized carbons (Fsp3) is 0.0625. The Bertz CT molecular complexity index is 776. The van der Waals surface area contributed by atoms with E-state index in [0.29, 0.717) is 28.9 Å². The van der Waals surface area contributed by atoms with Crippen molar-refractivity contribution >= 4 is 34.6 Å². The Morgan fingerprint density at radius 3 is 2.57 bits per heavy atom. The number of hydrogen-bond donors (Lipinski definition) is 3. The lowest BCUT2D eigenvalue weighted by molar-refractivity contribution is 1.09. The second-order valence-electron chi connectivity index (χ2n) is 4.83. The molecule has 0 fully saturated rings. The minimum absolute atomic E-state index is 0.449. The number of anilines is 4. The molecule has 3 rings (SSSR count). The molecule has 6 nitrogen and oxygen atoms in total. The number of halogens is 1. The Hall–Kier alpha value is -2.86. The number of nitrogens with zero attached hydrogens (tertiary/aromatic N) is 3. The molecule has 0 bridgehead atoms. The number of aromatic nitrogens is 3. The SMILES string of the molecule is Nc1c(NCc2ccc(Cl)cc2)ncnc1Nc1cccnc1. The Labute approximate surface area is 138 Å². The molecular formula is C16H15ClN6. The molecule has 0 saturated heterocycles. The van der Waals surface area contributed by atoms with Crippen LogP contribution in [0.4, 0.5) is 23.0 Å². The van der Waals surface area contributed by atoms with Crippen molar-refractivity contribution in [2.45, 2.75) is 6.54 Å². The zero-order valence-electron chi connectivity index (χ0n) is 12.2. The first-order valence-electron chi connectivity index (χ1n) is 6.98. The highest BCUT2D eigenvalue weighted by Crippen LogP contribution is 2.25. The second-order valence-corrected chi connectivity index (χ2v) is 5.27. The molecule has 7 heteroatoms. The summed E-state index contributed by atoms with van der Waals surface area (Å²) in [6.07, 6.45) is 4.86. The van der Waals surface area contributed by atoms with Crippen molar-refractivity contribution in [3.8, 4) is 0 Å². The predicted octanol–water partition coefficient (Wildman–Crippen LogP) is 3.46. The fourth-order valence-corrected chi connectivity index (χ4v) is 2.12. The Kier molecular flexibility index (Phi) is 4.54. The van der Waals surface area contributed by atoms with Gasteiger partial charge in [0, 0.05) is 17.8 Å². The summed E-state index contributed by atoms with van der Waals surface area (Å²) in [4.78, 5) is 12.4. The lowest BCUT2D eigenvalue weighted by Crippen LogP contribution is -2.08. The molecular weight excluding hydrogens is 312 g/mol. The van der Waals surface area contributed by atoms with Gasteiger partial charge in [-0.05, 0) is 29.8 Å². The van der Waals surface area contributed by atoms with Crippen LogP contribution in [0.15, 0.2) is 55.1 Å². The highest BCUT2D eigenvalue weighted by molar-refractivity contribution is 6.30. The standard InChI is InChI=1S/C16H15ClN6/c17-12-5-3-11(4-6-12)8-20-15-14(18)16(22-10-21-15)23-13-2-1-7-19-9-13/h1-7,9-10H,8,18H2,(H2,20,21,22,23). The van der Waals surface area contributed by atoms with Crippen molar-refractivity contribution in [2.75, 3.05) is 16.4 Å². The van der Waals surface area contributed by atoms with Crippen LogP contribution in [0.3, 0.4) is 0 Å². The number of nitrogens with one attached hydrogen (secondary N) is 2. The maximum atomic E-state index is 6.13. The van der Waals surface area contributed by atoms with Crippen molar-refractivity contribution in [2.24, 2.45) is 0 Å². The van der Waals surface area contributed by atoms with Gasteiger partial charge in [0.05, 0.1) is 11.9 Å². The number of hydrogen-bond acceptors (Lipinski definition) is 6. The summed E-state index contributed by atoms with van der Waals surface area (Å²) in [5.74, 6) is 1.10. The average Bonchev–Trinajstić information content (AvgIpc) is 2.58. The van der Waals surface area contributed by atoms with Crippen LogP contribution in [-0.4, -0.2) is 15.0 Å². The largest absolute Gasteiger partial charge is 0.393 e. The van der Waals surface area contributed by atoms with Crippen molar-refractivity contribution in [1.29, 1.82) is 0 Å².